The highest BCUT2D eigenvalue weighted by molar-refractivity contribution is 5.85. The lowest BCUT2D eigenvalue weighted by molar-refractivity contribution is -0.138. The largest absolute Gasteiger partial charge is 0.480 e. The number of hydrogen-bond donors (Lipinski definition) is 3. The Labute approximate surface area is 142 Å². The van der Waals surface area contributed by atoms with E-state index in [0.29, 0.717) is 11.4 Å². The summed E-state index contributed by atoms with van der Waals surface area (Å²) in [5.74, 6) is -3.44. The lowest BCUT2D eigenvalue weighted by atomic mass is 10.2. The normalized spacial score (nSPS) is 10.6. The van der Waals surface area contributed by atoms with E-state index in [0.717, 1.165) is 0 Å². The van der Waals surface area contributed by atoms with E-state index in [1.54, 1.807) is 12.1 Å². The Kier molecular flexibility index (Phi) is 5.75. The number of aromatic carboxylic acids is 2. The molecule has 0 aliphatic rings. The third-order valence-electron chi connectivity index (χ3n) is 3.18. The zero-order valence-corrected chi connectivity index (χ0v) is 13.0. The van der Waals surface area contributed by atoms with Crippen molar-refractivity contribution in [2.75, 3.05) is 6.54 Å². The number of carboxylic acids is 3. The van der Waals surface area contributed by atoms with E-state index in [1.807, 2.05) is 0 Å². The summed E-state index contributed by atoms with van der Waals surface area (Å²) in [6, 6.07) is 8.89. The molecule has 0 saturated carbocycles. The van der Waals surface area contributed by atoms with Crippen molar-refractivity contribution in [1.29, 1.82) is 0 Å². The van der Waals surface area contributed by atoms with Crippen molar-refractivity contribution >= 4 is 17.9 Å². The minimum atomic E-state index is -1.18. The van der Waals surface area contributed by atoms with Crippen LogP contribution >= 0.6 is 0 Å². The molecule has 0 radical (unpaired) electrons. The zero-order valence-electron chi connectivity index (χ0n) is 13.0. The Balaban J connectivity index is 2.20. The van der Waals surface area contributed by atoms with Crippen molar-refractivity contribution in [3.05, 3.63) is 59.2 Å². The maximum absolute atomic E-state index is 11.1. The van der Waals surface area contributed by atoms with Crippen molar-refractivity contribution in [2.24, 2.45) is 0 Å². The van der Waals surface area contributed by atoms with E-state index < -0.39 is 17.9 Å². The van der Waals surface area contributed by atoms with Crippen LogP contribution in [-0.2, 0) is 17.9 Å². The first-order chi connectivity index (χ1) is 11.8. The summed E-state index contributed by atoms with van der Waals surface area (Å²) in [7, 11) is 0. The molecule has 2 aromatic heterocycles. The average molecular weight is 345 g/mol. The first kappa shape index (κ1) is 18.0. The lowest BCUT2D eigenvalue weighted by Gasteiger charge is -2.19. The van der Waals surface area contributed by atoms with Gasteiger partial charge in [-0.2, -0.15) is 0 Å². The average Bonchev–Trinajstić information content (AvgIpc) is 2.54. The molecule has 9 heteroatoms. The van der Waals surface area contributed by atoms with E-state index in [4.69, 9.17) is 15.3 Å². The third-order valence-corrected chi connectivity index (χ3v) is 3.18. The van der Waals surface area contributed by atoms with Gasteiger partial charge in [0.15, 0.2) is 0 Å². The van der Waals surface area contributed by atoms with Crippen LogP contribution in [0, 0.1) is 0 Å². The van der Waals surface area contributed by atoms with E-state index in [-0.39, 0.29) is 31.0 Å². The predicted octanol–water partition coefficient (Wildman–Crippen LogP) is 0.960. The van der Waals surface area contributed by atoms with E-state index in [9.17, 15) is 14.4 Å². The lowest BCUT2D eigenvalue weighted by Crippen LogP contribution is -2.30. The molecular formula is C16H15N3O6. The molecule has 0 spiro atoms. The van der Waals surface area contributed by atoms with Crippen molar-refractivity contribution in [1.82, 2.24) is 14.9 Å². The molecule has 130 valence electrons. The van der Waals surface area contributed by atoms with Gasteiger partial charge in [-0.1, -0.05) is 12.1 Å². The van der Waals surface area contributed by atoms with Crippen LogP contribution < -0.4 is 0 Å². The van der Waals surface area contributed by atoms with Crippen molar-refractivity contribution in [2.45, 2.75) is 13.1 Å². The number of nitrogens with zero attached hydrogens (tertiary/aromatic N) is 3. The Morgan fingerprint density at radius 2 is 1.24 bits per heavy atom. The maximum Gasteiger partial charge on any atom is 0.354 e. The Bertz CT molecular complexity index is 748. The predicted molar refractivity (Wildman–Crippen MR) is 84.1 cm³/mol. The fourth-order valence-electron chi connectivity index (χ4n) is 2.19. The molecule has 2 heterocycles. The fourth-order valence-corrected chi connectivity index (χ4v) is 2.19. The van der Waals surface area contributed by atoms with E-state index in [2.05, 4.69) is 9.97 Å². The third kappa shape index (κ3) is 5.36. The van der Waals surface area contributed by atoms with Gasteiger partial charge in [-0.25, -0.2) is 19.6 Å². The van der Waals surface area contributed by atoms with Gasteiger partial charge in [-0.05, 0) is 24.3 Å². The number of aliphatic carboxylic acids is 1. The Morgan fingerprint density at radius 1 is 0.800 bits per heavy atom. The number of rotatable bonds is 8. The van der Waals surface area contributed by atoms with Gasteiger partial charge in [0.1, 0.15) is 11.4 Å². The minimum Gasteiger partial charge on any atom is -0.480 e. The second-order valence-corrected chi connectivity index (χ2v) is 5.18. The van der Waals surface area contributed by atoms with Crippen molar-refractivity contribution < 1.29 is 29.7 Å². The van der Waals surface area contributed by atoms with Gasteiger partial charge in [0, 0.05) is 13.1 Å². The Hall–Kier alpha value is -3.33. The van der Waals surface area contributed by atoms with Crippen LogP contribution in [0.1, 0.15) is 32.4 Å². The van der Waals surface area contributed by atoms with Gasteiger partial charge in [-0.3, -0.25) is 9.69 Å². The van der Waals surface area contributed by atoms with E-state index in [1.165, 1.54) is 29.2 Å². The molecule has 2 rings (SSSR count). The van der Waals surface area contributed by atoms with Crippen LogP contribution in [0.25, 0.3) is 0 Å². The molecule has 0 saturated heterocycles. The van der Waals surface area contributed by atoms with Gasteiger partial charge < -0.3 is 15.3 Å². The Morgan fingerprint density at radius 3 is 1.60 bits per heavy atom. The molecule has 0 bridgehead atoms. The molecule has 3 N–H and O–H groups in total. The molecular weight excluding hydrogens is 330 g/mol. The summed E-state index contributed by atoms with van der Waals surface area (Å²) in [5.41, 5.74) is 0.489. The van der Waals surface area contributed by atoms with Gasteiger partial charge >= 0.3 is 17.9 Å². The van der Waals surface area contributed by atoms with Gasteiger partial charge in [-0.15, -0.1) is 0 Å². The molecule has 0 unspecified atom stereocenters. The molecule has 9 nitrogen and oxygen atoms in total. The summed E-state index contributed by atoms with van der Waals surface area (Å²) in [6.07, 6.45) is 0. The number of pyridine rings is 2. The van der Waals surface area contributed by atoms with Gasteiger partial charge in [0.25, 0.3) is 0 Å². The van der Waals surface area contributed by atoms with Crippen LogP contribution in [0.3, 0.4) is 0 Å². The summed E-state index contributed by atoms with van der Waals surface area (Å²) >= 11 is 0. The molecule has 0 atom stereocenters. The molecule has 0 amide bonds. The number of carbonyl (C=O) groups is 3. The van der Waals surface area contributed by atoms with Crippen LogP contribution in [0.5, 0.6) is 0 Å². The first-order valence-electron chi connectivity index (χ1n) is 7.17. The second kappa shape index (κ2) is 7.97. The quantitative estimate of drug-likeness (QED) is 0.637. The van der Waals surface area contributed by atoms with Gasteiger partial charge in [0.05, 0.1) is 17.9 Å². The zero-order chi connectivity index (χ0) is 18.4. The van der Waals surface area contributed by atoms with Crippen LogP contribution in [0.15, 0.2) is 36.4 Å². The summed E-state index contributed by atoms with van der Waals surface area (Å²) in [6.45, 7) is -0.184. The molecule has 0 aliphatic heterocycles. The SMILES string of the molecule is O=C(O)CN(Cc1cccc(C(=O)O)n1)Cc1cccc(C(=O)O)n1. The highest BCUT2D eigenvalue weighted by Crippen LogP contribution is 2.09. The number of aromatic nitrogens is 2. The highest BCUT2D eigenvalue weighted by atomic mass is 16.4. The molecule has 0 fully saturated rings. The van der Waals surface area contributed by atoms with Gasteiger partial charge in [0.2, 0.25) is 0 Å². The summed E-state index contributed by atoms with van der Waals surface area (Å²) < 4.78 is 0. The highest BCUT2D eigenvalue weighted by Gasteiger charge is 2.15. The van der Waals surface area contributed by atoms with Crippen LogP contribution in [-0.4, -0.2) is 54.6 Å². The number of carboxylic acid groups (broad SMARTS) is 3. The monoisotopic (exact) mass is 345 g/mol. The topological polar surface area (TPSA) is 141 Å². The maximum atomic E-state index is 11.1. The molecule has 25 heavy (non-hydrogen) atoms. The van der Waals surface area contributed by atoms with Crippen LogP contribution in [0.4, 0.5) is 0 Å². The summed E-state index contributed by atoms with van der Waals surface area (Å²) in [4.78, 5) is 42.4. The molecule has 2 aromatic rings. The standard InChI is InChI=1S/C16H15N3O6/c20-14(21)9-19(7-10-3-1-5-12(17-10)15(22)23)8-11-4-2-6-13(18-11)16(24)25/h1-6H,7-9H2,(H,20,21)(H,22,23)(H,24,25). The van der Waals surface area contributed by atoms with E-state index >= 15 is 0 Å². The summed E-state index contributed by atoms with van der Waals surface area (Å²) in [5, 5.41) is 27.0. The molecule has 0 aliphatic carbocycles. The number of hydrogen-bond acceptors (Lipinski definition) is 6. The first-order valence-corrected chi connectivity index (χ1v) is 7.17. The smallest absolute Gasteiger partial charge is 0.354 e. The molecule has 0 aromatic carbocycles. The second-order valence-electron chi connectivity index (χ2n) is 5.18. The van der Waals surface area contributed by atoms with Crippen molar-refractivity contribution in [3.63, 3.8) is 0 Å². The van der Waals surface area contributed by atoms with Crippen LogP contribution in [0.2, 0.25) is 0 Å². The van der Waals surface area contributed by atoms with Crippen molar-refractivity contribution in [3.8, 4) is 0 Å². The minimum absolute atomic E-state index is 0.0758. The fraction of sp³-hybridized carbons (Fsp3) is 0.188.